The molecule has 0 unspecified atom stereocenters. The van der Waals surface area contributed by atoms with Gasteiger partial charge in [0.1, 0.15) is 22.9 Å². The van der Waals surface area contributed by atoms with E-state index >= 15 is 0 Å². The van der Waals surface area contributed by atoms with Gasteiger partial charge in [0.25, 0.3) is 0 Å². The molecule has 32 heavy (non-hydrogen) atoms. The fraction of sp³-hybridized carbons (Fsp3) is 0.250. The highest BCUT2D eigenvalue weighted by molar-refractivity contribution is 5.64. The van der Waals surface area contributed by atoms with Crippen molar-refractivity contribution in [3.63, 3.8) is 0 Å². The third-order valence-corrected chi connectivity index (χ3v) is 5.36. The average Bonchev–Trinajstić information content (AvgIpc) is 3.54. The standard InChI is InChI=1S/C24H17F7O/c25-18-9-16(15-7-5-14(6-8-15)4-3-13-1-2-13)10-19(26)22(18)24(30,31)32-17-11-20(27)23(29)21(28)12-17/h5-13H,1-4H2. The Labute approximate surface area is 179 Å². The highest BCUT2D eigenvalue weighted by Gasteiger charge is 2.41. The summed E-state index contributed by atoms with van der Waals surface area (Å²) < 4.78 is 101. The van der Waals surface area contributed by atoms with E-state index in [0.717, 1.165) is 36.5 Å². The Kier molecular flexibility index (Phi) is 5.88. The maximum absolute atomic E-state index is 14.5. The van der Waals surface area contributed by atoms with Gasteiger partial charge in [-0.05, 0) is 47.6 Å². The summed E-state index contributed by atoms with van der Waals surface area (Å²) in [5, 5.41) is 0. The van der Waals surface area contributed by atoms with Gasteiger partial charge in [0.05, 0.1) is 0 Å². The van der Waals surface area contributed by atoms with Crippen LogP contribution in [-0.2, 0) is 12.5 Å². The molecule has 1 aliphatic carbocycles. The fourth-order valence-corrected chi connectivity index (χ4v) is 3.45. The number of halogens is 7. The van der Waals surface area contributed by atoms with Crippen molar-refractivity contribution >= 4 is 0 Å². The van der Waals surface area contributed by atoms with Crippen molar-refractivity contribution in [2.24, 2.45) is 5.92 Å². The van der Waals surface area contributed by atoms with Crippen LogP contribution in [-0.4, -0.2) is 0 Å². The first-order chi connectivity index (χ1) is 15.1. The molecule has 0 aliphatic heterocycles. The molecule has 1 saturated carbocycles. The van der Waals surface area contributed by atoms with Crippen LogP contribution in [0.5, 0.6) is 5.75 Å². The van der Waals surface area contributed by atoms with Crippen LogP contribution in [0.15, 0.2) is 48.5 Å². The predicted octanol–water partition coefficient (Wildman–Crippen LogP) is 7.52. The second-order valence-electron chi connectivity index (χ2n) is 7.81. The molecule has 1 nitrogen and oxygen atoms in total. The van der Waals surface area contributed by atoms with Gasteiger partial charge in [0, 0.05) is 12.1 Å². The van der Waals surface area contributed by atoms with Crippen molar-refractivity contribution in [2.75, 3.05) is 0 Å². The highest BCUT2D eigenvalue weighted by atomic mass is 19.3. The van der Waals surface area contributed by atoms with Gasteiger partial charge >= 0.3 is 6.11 Å². The Balaban J connectivity index is 1.57. The lowest BCUT2D eigenvalue weighted by Gasteiger charge is -2.20. The SMILES string of the molecule is Fc1cc(OC(F)(F)c2c(F)cc(-c3ccc(CCC4CC4)cc3)cc2F)cc(F)c1F. The summed E-state index contributed by atoms with van der Waals surface area (Å²) >= 11 is 0. The Morgan fingerprint density at radius 2 is 1.31 bits per heavy atom. The molecule has 1 aliphatic rings. The maximum atomic E-state index is 14.5. The molecule has 168 valence electrons. The molecule has 8 heteroatoms. The number of ether oxygens (including phenoxy) is 1. The summed E-state index contributed by atoms with van der Waals surface area (Å²) in [5.74, 6) is -9.04. The zero-order valence-corrected chi connectivity index (χ0v) is 16.6. The van der Waals surface area contributed by atoms with Gasteiger partial charge in [-0.2, -0.15) is 8.78 Å². The zero-order chi connectivity index (χ0) is 23.0. The van der Waals surface area contributed by atoms with Crippen molar-refractivity contribution in [1.29, 1.82) is 0 Å². The van der Waals surface area contributed by atoms with E-state index in [1.54, 1.807) is 12.1 Å². The molecule has 0 spiro atoms. The zero-order valence-electron chi connectivity index (χ0n) is 16.6. The van der Waals surface area contributed by atoms with Crippen molar-refractivity contribution in [3.8, 4) is 16.9 Å². The van der Waals surface area contributed by atoms with E-state index in [1.165, 1.54) is 12.8 Å². The van der Waals surface area contributed by atoms with Crippen LogP contribution in [0.25, 0.3) is 11.1 Å². The van der Waals surface area contributed by atoms with Crippen LogP contribution >= 0.6 is 0 Å². The molecule has 0 amide bonds. The molecule has 0 bridgehead atoms. The minimum atomic E-state index is -4.62. The molecule has 3 aromatic carbocycles. The van der Waals surface area contributed by atoms with Gasteiger partial charge in [-0.15, -0.1) is 0 Å². The molecular formula is C24H17F7O. The Morgan fingerprint density at radius 1 is 0.750 bits per heavy atom. The van der Waals surface area contributed by atoms with Gasteiger partial charge in [-0.3, -0.25) is 0 Å². The first kappa shape index (κ1) is 22.2. The molecule has 0 N–H and O–H groups in total. The van der Waals surface area contributed by atoms with Crippen LogP contribution in [0.3, 0.4) is 0 Å². The molecule has 1 fully saturated rings. The monoisotopic (exact) mass is 454 g/mol. The summed E-state index contributed by atoms with van der Waals surface area (Å²) in [6, 6.07) is 8.68. The third-order valence-electron chi connectivity index (χ3n) is 5.36. The molecular weight excluding hydrogens is 437 g/mol. The smallest absolute Gasteiger partial charge is 0.429 e. The Bertz CT molecular complexity index is 1090. The van der Waals surface area contributed by atoms with E-state index in [4.69, 9.17) is 0 Å². The molecule has 3 aromatic rings. The van der Waals surface area contributed by atoms with E-state index in [1.807, 2.05) is 12.1 Å². The van der Waals surface area contributed by atoms with Crippen LogP contribution < -0.4 is 4.74 Å². The van der Waals surface area contributed by atoms with E-state index in [2.05, 4.69) is 4.74 Å². The quantitative estimate of drug-likeness (QED) is 0.265. The van der Waals surface area contributed by atoms with Crippen molar-refractivity contribution in [1.82, 2.24) is 0 Å². The first-order valence-electron chi connectivity index (χ1n) is 9.94. The number of aryl methyl sites for hydroxylation is 1. The molecule has 0 aromatic heterocycles. The number of alkyl halides is 2. The Hall–Kier alpha value is -3.03. The lowest BCUT2D eigenvalue weighted by Crippen LogP contribution is -2.25. The van der Waals surface area contributed by atoms with Crippen molar-refractivity contribution in [2.45, 2.75) is 31.8 Å². The minimum absolute atomic E-state index is 0.0344. The maximum Gasteiger partial charge on any atom is 0.432 e. The predicted molar refractivity (Wildman–Crippen MR) is 104 cm³/mol. The van der Waals surface area contributed by atoms with E-state index in [9.17, 15) is 30.7 Å². The van der Waals surface area contributed by atoms with E-state index in [0.29, 0.717) is 5.56 Å². The third kappa shape index (κ3) is 4.74. The van der Waals surface area contributed by atoms with Crippen molar-refractivity contribution in [3.05, 3.63) is 88.7 Å². The topological polar surface area (TPSA) is 9.23 Å². The van der Waals surface area contributed by atoms with Gasteiger partial charge in [0.2, 0.25) is 0 Å². The molecule has 4 rings (SSSR count). The number of hydrogen-bond donors (Lipinski definition) is 0. The largest absolute Gasteiger partial charge is 0.432 e. The summed E-state index contributed by atoms with van der Waals surface area (Å²) in [6.45, 7) is 0. The van der Waals surface area contributed by atoms with E-state index in [-0.39, 0.29) is 17.7 Å². The summed E-state index contributed by atoms with van der Waals surface area (Å²) in [6.07, 6.45) is -0.171. The van der Waals surface area contributed by atoms with Crippen LogP contribution in [0.4, 0.5) is 30.7 Å². The van der Waals surface area contributed by atoms with Crippen LogP contribution in [0, 0.1) is 35.0 Å². The second kappa shape index (κ2) is 8.48. The summed E-state index contributed by atoms with van der Waals surface area (Å²) in [5.41, 5.74) is -0.201. The highest BCUT2D eigenvalue weighted by Crippen LogP contribution is 2.38. The molecule has 0 saturated heterocycles. The molecule has 0 atom stereocenters. The number of hydrogen-bond acceptors (Lipinski definition) is 1. The fourth-order valence-electron chi connectivity index (χ4n) is 3.45. The van der Waals surface area contributed by atoms with Gasteiger partial charge in [0.15, 0.2) is 17.5 Å². The molecule has 0 radical (unpaired) electrons. The summed E-state index contributed by atoms with van der Waals surface area (Å²) in [4.78, 5) is 0. The molecule has 0 heterocycles. The van der Waals surface area contributed by atoms with Crippen LogP contribution in [0.2, 0.25) is 0 Å². The number of rotatable bonds is 7. The van der Waals surface area contributed by atoms with Gasteiger partial charge in [-0.25, -0.2) is 22.0 Å². The van der Waals surface area contributed by atoms with Crippen molar-refractivity contribution < 1.29 is 35.5 Å². The normalized spacial score (nSPS) is 14.0. The summed E-state index contributed by atoms with van der Waals surface area (Å²) in [7, 11) is 0. The average molecular weight is 454 g/mol. The second-order valence-corrected chi connectivity index (χ2v) is 7.81. The van der Waals surface area contributed by atoms with Gasteiger partial charge < -0.3 is 4.74 Å². The first-order valence-corrected chi connectivity index (χ1v) is 9.94. The van der Waals surface area contributed by atoms with Gasteiger partial charge in [-0.1, -0.05) is 37.1 Å². The Morgan fingerprint density at radius 3 is 1.84 bits per heavy atom. The lowest BCUT2D eigenvalue weighted by atomic mass is 9.99. The van der Waals surface area contributed by atoms with Crippen LogP contribution in [0.1, 0.15) is 30.4 Å². The lowest BCUT2D eigenvalue weighted by molar-refractivity contribution is -0.189. The number of benzene rings is 3. The van der Waals surface area contributed by atoms with E-state index < -0.39 is 46.5 Å². The minimum Gasteiger partial charge on any atom is -0.429 e.